The molecule has 0 bridgehead atoms. The number of halogens is 5. The van der Waals surface area contributed by atoms with Crippen LogP contribution in [0.15, 0.2) is 12.1 Å². The number of alkyl halides is 5. The van der Waals surface area contributed by atoms with E-state index < -0.39 is 23.0 Å². The minimum absolute atomic E-state index is 0.0674. The van der Waals surface area contributed by atoms with Crippen LogP contribution in [-0.4, -0.2) is 17.0 Å². The molecule has 1 heterocycles. The smallest absolute Gasteiger partial charge is 0.341 e. The molecule has 0 aliphatic rings. The molecule has 3 nitrogen and oxygen atoms in total. The Balaban J connectivity index is 2.72. The number of nitrogens with one attached hydrogen (secondary N) is 2. The first-order chi connectivity index (χ1) is 9.13. The zero-order valence-corrected chi connectivity index (χ0v) is 11.4. The fourth-order valence-corrected chi connectivity index (χ4v) is 1.99. The van der Waals surface area contributed by atoms with Gasteiger partial charge in [0.05, 0.1) is 17.6 Å². The van der Waals surface area contributed by atoms with Crippen molar-refractivity contribution in [2.24, 2.45) is 0 Å². The van der Waals surface area contributed by atoms with Crippen molar-refractivity contribution in [2.45, 2.75) is 18.4 Å². The third-order valence-corrected chi connectivity index (χ3v) is 3.00. The molecule has 0 amide bonds. The molecule has 0 aliphatic carbocycles. The van der Waals surface area contributed by atoms with Crippen LogP contribution >= 0.6 is 9.24 Å². The van der Waals surface area contributed by atoms with Crippen molar-refractivity contribution in [2.75, 3.05) is 7.05 Å². The van der Waals surface area contributed by atoms with Gasteiger partial charge in [-0.05, 0) is 19.2 Å². The molecule has 0 aliphatic heterocycles. The van der Waals surface area contributed by atoms with Gasteiger partial charge in [0.1, 0.15) is 11.3 Å². The van der Waals surface area contributed by atoms with Crippen LogP contribution in [0.3, 0.4) is 0 Å². The molecule has 1 unspecified atom stereocenters. The number of imidazole rings is 1. The van der Waals surface area contributed by atoms with Gasteiger partial charge in [0.15, 0.2) is 0 Å². The lowest BCUT2D eigenvalue weighted by Gasteiger charge is -2.14. The van der Waals surface area contributed by atoms with E-state index in [1.165, 1.54) is 9.24 Å². The summed E-state index contributed by atoms with van der Waals surface area (Å²) in [6, 6.07) is 1.41. The Morgan fingerprint density at radius 2 is 1.90 bits per heavy atom. The number of aromatic amines is 1. The lowest BCUT2D eigenvalue weighted by molar-refractivity contribution is -0.136. The van der Waals surface area contributed by atoms with E-state index in [1.54, 1.807) is 7.05 Å². The second-order valence-corrected chi connectivity index (χ2v) is 4.98. The second kappa shape index (κ2) is 4.93. The Morgan fingerprint density at radius 3 is 2.40 bits per heavy atom. The van der Waals surface area contributed by atoms with Gasteiger partial charge < -0.3 is 10.3 Å². The van der Waals surface area contributed by atoms with Gasteiger partial charge in [-0.2, -0.15) is 22.0 Å². The molecular formula is C11H11F5N3P. The van der Waals surface area contributed by atoms with Gasteiger partial charge in [-0.3, -0.25) is 0 Å². The van der Waals surface area contributed by atoms with Crippen LogP contribution in [0.5, 0.6) is 0 Å². The van der Waals surface area contributed by atoms with Crippen LogP contribution in [0.4, 0.5) is 22.0 Å². The minimum atomic E-state index is -4.75. The monoisotopic (exact) mass is 311 g/mol. The molecule has 0 fully saturated rings. The Kier molecular flexibility index (Phi) is 3.73. The van der Waals surface area contributed by atoms with Gasteiger partial charge in [-0.1, -0.05) is 9.24 Å². The maximum absolute atomic E-state index is 13.3. The summed E-state index contributed by atoms with van der Waals surface area (Å²) in [5.41, 5.74) is -5.78. The molecule has 2 aromatic rings. The molecule has 9 heteroatoms. The van der Waals surface area contributed by atoms with Gasteiger partial charge in [-0.15, -0.1) is 0 Å². The first-order valence-electron chi connectivity index (χ1n) is 5.54. The van der Waals surface area contributed by atoms with Crippen LogP contribution in [0, 0.1) is 0 Å². The molecule has 2 N–H and O–H groups in total. The summed E-state index contributed by atoms with van der Waals surface area (Å²) in [6.45, 7) is 0.207. The van der Waals surface area contributed by atoms with Crippen LogP contribution in [0.2, 0.25) is 0 Å². The van der Waals surface area contributed by atoms with E-state index >= 15 is 0 Å². The topological polar surface area (TPSA) is 40.7 Å². The Bertz CT molecular complexity index is 629. The summed E-state index contributed by atoms with van der Waals surface area (Å²) < 4.78 is 65.4. The van der Waals surface area contributed by atoms with E-state index in [0.29, 0.717) is 6.07 Å². The van der Waals surface area contributed by atoms with E-state index in [0.717, 1.165) is 6.07 Å². The van der Waals surface area contributed by atoms with E-state index in [4.69, 9.17) is 0 Å². The van der Waals surface area contributed by atoms with Crippen molar-refractivity contribution in [3.8, 4) is 0 Å². The molecule has 1 aromatic heterocycles. The number of hydrogen-bond donors (Lipinski definition) is 2. The average Bonchev–Trinajstić information content (AvgIpc) is 2.67. The van der Waals surface area contributed by atoms with Crippen molar-refractivity contribution in [1.82, 2.24) is 15.3 Å². The fourth-order valence-electron chi connectivity index (χ4n) is 1.83. The molecule has 2 rings (SSSR count). The van der Waals surface area contributed by atoms with Gasteiger partial charge >= 0.3 is 6.18 Å². The number of H-pyrrole nitrogens is 1. The quantitative estimate of drug-likeness (QED) is 0.675. The predicted molar refractivity (Wildman–Crippen MR) is 67.5 cm³/mol. The summed E-state index contributed by atoms with van der Waals surface area (Å²) >= 11 is 0. The highest BCUT2D eigenvalue weighted by molar-refractivity contribution is 7.17. The molecule has 1 atom stereocenters. The number of fused-ring (bicyclic) bond motifs is 1. The van der Waals surface area contributed by atoms with E-state index in [1.807, 2.05) is 0 Å². The highest BCUT2D eigenvalue weighted by atomic mass is 31.0. The van der Waals surface area contributed by atoms with Crippen LogP contribution in [0.1, 0.15) is 17.0 Å². The van der Waals surface area contributed by atoms with Crippen LogP contribution in [-0.2, 0) is 18.4 Å². The molecule has 0 saturated heterocycles. The zero-order chi connectivity index (χ0) is 15.1. The zero-order valence-electron chi connectivity index (χ0n) is 10.3. The van der Waals surface area contributed by atoms with E-state index in [-0.39, 0.29) is 23.4 Å². The number of hydrogen-bond acceptors (Lipinski definition) is 2. The fraction of sp³-hybridized carbons (Fsp3) is 0.364. The van der Waals surface area contributed by atoms with E-state index in [2.05, 4.69) is 15.3 Å². The van der Waals surface area contributed by atoms with E-state index in [9.17, 15) is 22.0 Å². The molecule has 1 aromatic carbocycles. The summed E-state index contributed by atoms with van der Waals surface area (Å²) in [6.07, 6.45) is -4.75. The maximum Gasteiger partial charge on any atom is 0.418 e. The average molecular weight is 311 g/mol. The highest BCUT2D eigenvalue weighted by Crippen LogP contribution is 2.41. The number of nitrogens with zero attached hydrogens (tertiary/aromatic N) is 1. The third kappa shape index (κ3) is 2.91. The van der Waals surface area contributed by atoms with Crippen molar-refractivity contribution in [3.05, 3.63) is 29.1 Å². The molecular weight excluding hydrogens is 300 g/mol. The van der Waals surface area contributed by atoms with Gasteiger partial charge in [-0.25, -0.2) is 4.98 Å². The SMILES string of the molecule is CNCc1nc2c(C(F)(F)F)cc(C(F)(F)P)cc2[nH]1. The number of rotatable bonds is 3. The first kappa shape index (κ1) is 15.1. The lowest BCUT2D eigenvalue weighted by Crippen LogP contribution is -2.10. The molecule has 0 saturated carbocycles. The van der Waals surface area contributed by atoms with Crippen LogP contribution < -0.4 is 5.32 Å². The number of benzene rings is 1. The summed E-state index contributed by atoms with van der Waals surface area (Å²) in [5.74, 6) is 0.247. The largest absolute Gasteiger partial charge is 0.418 e. The Hall–Kier alpha value is -1.27. The van der Waals surface area contributed by atoms with Gasteiger partial charge in [0, 0.05) is 5.56 Å². The predicted octanol–water partition coefficient (Wildman–Crippen LogP) is 3.23. The molecule has 0 radical (unpaired) electrons. The van der Waals surface area contributed by atoms with Crippen molar-refractivity contribution >= 4 is 20.3 Å². The standard InChI is InChI=1S/C11H11F5N3P/c1-17-4-8-18-7-3-5(11(15,16)20)2-6(9(7)19-8)10(12,13)14/h2-3,17H,4,20H2,1H3,(H,18,19). The highest BCUT2D eigenvalue weighted by Gasteiger charge is 2.37. The molecule has 20 heavy (non-hydrogen) atoms. The molecule has 0 spiro atoms. The van der Waals surface area contributed by atoms with Crippen molar-refractivity contribution < 1.29 is 22.0 Å². The Labute approximate surface area is 113 Å². The van der Waals surface area contributed by atoms with Crippen molar-refractivity contribution in [3.63, 3.8) is 0 Å². The maximum atomic E-state index is 13.3. The molecule has 110 valence electrons. The first-order valence-corrected chi connectivity index (χ1v) is 6.12. The summed E-state index contributed by atoms with van der Waals surface area (Å²) in [7, 11) is 2.82. The summed E-state index contributed by atoms with van der Waals surface area (Å²) in [4.78, 5) is 6.41. The van der Waals surface area contributed by atoms with Crippen LogP contribution in [0.25, 0.3) is 11.0 Å². The summed E-state index contributed by atoms with van der Waals surface area (Å²) in [5, 5.41) is 2.72. The van der Waals surface area contributed by atoms with Crippen molar-refractivity contribution in [1.29, 1.82) is 0 Å². The normalized spacial score (nSPS) is 13.2. The van der Waals surface area contributed by atoms with Gasteiger partial charge in [0.2, 0.25) is 0 Å². The third-order valence-electron chi connectivity index (χ3n) is 2.67. The van der Waals surface area contributed by atoms with Gasteiger partial charge in [0.25, 0.3) is 5.66 Å². The number of aromatic nitrogens is 2. The minimum Gasteiger partial charge on any atom is -0.341 e. The second-order valence-electron chi connectivity index (χ2n) is 4.25. The lowest BCUT2D eigenvalue weighted by atomic mass is 10.1. The Morgan fingerprint density at radius 1 is 1.25 bits per heavy atom.